The molecular weight excluding hydrogens is 222 g/mol. The summed E-state index contributed by atoms with van der Waals surface area (Å²) in [5.74, 6) is -2.71. The Morgan fingerprint density at radius 3 is 2.31 bits per heavy atom. The van der Waals surface area contributed by atoms with E-state index in [0.717, 1.165) is 18.2 Å². The van der Waals surface area contributed by atoms with Crippen LogP contribution >= 0.6 is 0 Å². The topological polar surface area (TPSA) is 78.4 Å². The van der Waals surface area contributed by atoms with Crippen LogP contribution < -0.4 is 10.6 Å². The third-order valence-corrected chi connectivity index (χ3v) is 1.63. The molecule has 0 aliphatic carbocycles. The lowest BCUT2D eigenvalue weighted by Crippen LogP contribution is -2.32. The smallest absolute Gasteiger partial charge is 0.405 e. The van der Waals surface area contributed by atoms with Crippen LogP contribution in [0.4, 0.5) is 19.3 Å². The first kappa shape index (κ1) is 11.9. The zero-order valence-corrected chi connectivity index (χ0v) is 7.96. The summed E-state index contributed by atoms with van der Waals surface area (Å²) in [4.78, 5) is 21.1. The molecule has 0 spiro atoms. The van der Waals surface area contributed by atoms with Gasteiger partial charge < -0.3 is 15.7 Å². The van der Waals surface area contributed by atoms with Gasteiger partial charge in [0.15, 0.2) is 0 Å². The van der Waals surface area contributed by atoms with Crippen molar-refractivity contribution in [2.75, 3.05) is 11.9 Å². The Morgan fingerprint density at radius 2 is 1.81 bits per heavy atom. The molecule has 0 saturated heterocycles. The van der Waals surface area contributed by atoms with E-state index in [9.17, 15) is 18.4 Å². The fourth-order valence-electron chi connectivity index (χ4n) is 0.957. The summed E-state index contributed by atoms with van der Waals surface area (Å²) >= 11 is 0. The highest BCUT2D eigenvalue weighted by atomic mass is 19.1. The summed E-state index contributed by atoms with van der Waals surface area (Å²) in [6.07, 6.45) is -1.40. The quantitative estimate of drug-likeness (QED) is 0.729. The van der Waals surface area contributed by atoms with Crippen LogP contribution in [0.25, 0.3) is 0 Å². The molecule has 5 nitrogen and oxygen atoms in total. The summed E-state index contributed by atoms with van der Waals surface area (Å²) < 4.78 is 26.0. The number of nitrogens with one attached hydrogen (secondary N) is 2. The molecule has 0 heterocycles. The Bertz CT molecular complexity index is 403. The summed E-state index contributed by atoms with van der Waals surface area (Å²) in [7, 11) is 0. The number of hydrogen-bond donors (Lipinski definition) is 3. The highest BCUT2D eigenvalue weighted by Gasteiger charge is 2.11. The summed E-state index contributed by atoms with van der Waals surface area (Å²) in [5.41, 5.74) is -0.598. The molecule has 7 heteroatoms. The molecule has 0 aliphatic rings. The van der Waals surface area contributed by atoms with Crippen molar-refractivity contribution in [2.45, 2.75) is 0 Å². The molecule has 3 N–H and O–H groups in total. The van der Waals surface area contributed by atoms with Gasteiger partial charge in [0.1, 0.15) is 23.9 Å². The minimum absolute atomic E-state index is 0.580. The van der Waals surface area contributed by atoms with Crippen LogP contribution in [-0.2, 0) is 4.79 Å². The normalized spacial score (nSPS) is 9.62. The van der Waals surface area contributed by atoms with Gasteiger partial charge in [0.05, 0.1) is 0 Å². The molecule has 16 heavy (non-hydrogen) atoms. The van der Waals surface area contributed by atoms with E-state index in [4.69, 9.17) is 5.11 Å². The van der Waals surface area contributed by atoms with Crippen molar-refractivity contribution in [3.05, 3.63) is 29.8 Å². The van der Waals surface area contributed by atoms with Crippen molar-refractivity contribution in [3.63, 3.8) is 0 Å². The Labute approximate surface area is 89.1 Å². The maximum Gasteiger partial charge on any atom is 0.405 e. The Hall–Kier alpha value is -2.18. The molecule has 0 aromatic heterocycles. The van der Waals surface area contributed by atoms with E-state index >= 15 is 0 Å². The van der Waals surface area contributed by atoms with Gasteiger partial charge in [-0.2, -0.15) is 0 Å². The van der Waals surface area contributed by atoms with Crippen molar-refractivity contribution in [2.24, 2.45) is 0 Å². The van der Waals surface area contributed by atoms with Crippen LogP contribution in [0, 0.1) is 11.6 Å². The van der Waals surface area contributed by atoms with Crippen molar-refractivity contribution in [1.82, 2.24) is 5.32 Å². The fourth-order valence-corrected chi connectivity index (χ4v) is 0.957. The number of carboxylic acid groups (broad SMARTS) is 1. The first-order valence-corrected chi connectivity index (χ1v) is 4.21. The second kappa shape index (κ2) is 5.06. The Balaban J connectivity index is 2.66. The molecule has 0 bridgehead atoms. The molecule has 1 aromatic carbocycles. The number of amides is 2. The predicted molar refractivity (Wildman–Crippen MR) is 51.0 cm³/mol. The molecule has 86 valence electrons. The summed E-state index contributed by atoms with van der Waals surface area (Å²) in [6, 6.07) is 3.10. The minimum atomic E-state index is -1.40. The molecule has 0 saturated carbocycles. The van der Waals surface area contributed by atoms with E-state index < -0.39 is 35.9 Å². The first-order chi connectivity index (χ1) is 7.50. The lowest BCUT2D eigenvalue weighted by atomic mass is 10.3. The van der Waals surface area contributed by atoms with Crippen LogP contribution in [0.5, 0.6) is 0 Å². The van der Waals surface area contributed by atoms with Gasteiger partial charge in [0.2, 0.25) is 5.91 Å². The van der Waals surface area contributed by atoms with Gasteiger partial charge in [-0.3, -0.25) is 4.79 Å². The number of anilines is 1. The lowest BCUT2D eigenvalue weighted by Gasteiger charge is -2.06. The SMILES string of the molecule is O=C(O)NCC(=O)Nc1c(F)cccc1F. The number of carbonyl (C=O) groups excluding carboxylic acids is 1. The molecule has 0 fully saturated rings. The molecule has 0 unspecified atom stereocenters. The molecule has 0 atom stereocenters. The number of halogens is 2. The number of rotatable bonds is 3. The standard InChI is InChI=1S/C9H8F2N2O3/c10-5-2-1-3-6(11)8(5)13-7(14)4-12-9(15)16/h1-3,12H,4H2,(H,13,14)(H,15,16). The average Bonchev–Trinajstić information content (AvgIpc) is 2.21. The van der Waals surface area contributed by atoms with Gasteiger partial charge >= 0.3 is 6.09 Å². The van der Waals surface area contributed by atoms with E-state index in [1.807, 2.05) is 5.32 Å². The molecule has 2 amide bonds. The number of carbonyl (C=O) groups is 2. The highest BCUT2D eigenvalue weighted by Crippen LogP contribution is 2.17. The molecule has 1 aromatic rings. The van der Waals surface area contributed by atoms with Crippen LogP contribution in [0.1, 0.15) is 0 Å². The minimum Gasteiger partial charge on any atom is -0.465 e. The lowest BCUT2D eigenvalue weighted by molar-refractivity contribution is -0.115. The monoisotopic (exact) mass is 230 g/mol. The Kier molecular flexibility index (Phi) is 3.76. The summed E-state index contributed by atoms with van der Waals surface area (Å²) in [5, 5.41) is 11.9. The van der Waals surface area contributed by atoms with E-state index in [1.165, 1.54) is 0 Å². The van der Waals surface area contributed by atoms with E-state index in [1.54, 1.807) is 5.32 Å². The van der Waals surface area contributed by atoms with Gasteiger partial charge in [-0.1, -0.05) is 6.07 Å². The highest BCUT2D eigenvalue weighted by molar-refractivity contribution is 5.93. The fraction of sp³-hybridized carbons (Fsp3) is 0.111. The van der Waals surface area contributed by atoms with Crippen molar-refractivity contribution in [3.8, 4) is 0 Å². The maximum absolute atomic E-state index is 13.0. The zero-order chi connectivity index (χ0) is 12.1. The molecular formula is C9H8F2N2O3. The third-order valence-electron chi connectivity index (χ3n) is 1.63. The number of para-hydroxylation sites is 1. The molecule has 1 rings (SSSR count). The van der Waals surface area contributed by atoms with Crippen LogP contribution in [-0.4, -0.2) is 23.7 Å². The molecule has 0 aliphatic heterocycles. The van der Waals surface area contributed by atoms with E-state index in [2.05, 4.69) is 0 Å². The van der Waals surface area contributed by atoms with Gasteiger partial charge in [-0.05, 0) is 12.1 Å². The van der Waals surface area contributed by atoms with Gasteiger partial charge in [-0.25, -0.2) is 13.6 Å². The van der Waals surface area contributed by atoms with E-state index in [-0.39, 0.29) is 0 Å². The zero-order valence-electron chi connectivity index (χ0n) is 7.96. The summed E-state index contributed by atoms with van der Waals surface area (Å²) in [6.45, 7) is -0.580. The first-order valence-electron chi connectivity index (χ1n) is 4.21. The second-order valence-electron chi connectivity index (χ2n) is 2.80. The second-order valence-corrected chi connectivity index (χ2v) is 2.80. The van der Waals surface area contributed by atoms with Gasteiger partial charge in [0.25, 0.3) is 0 Å². The van der Waals surface area contributed by atoms with Crippen molar-refractivity contribution < 1.29 is 23.5 Å². The van der Waals surface area contributed by atoms with Gasteiger partial charge in [0, 0.05) is 0 Å². The van der Waals surface area contributed by atoms with Crippen molar-refractivity contribution in [1.29, 1.82) is 0 Å². The third kappa shape index (κ3) is 3.19. The maximum atomic E-state index is 13.0. The molecule has 0 radical (unpaired) electrons. The van der Waals surface area contributed by atoms with Crippen molar-refractivity contribution >= 4 is 17.7 Å². The average molecular weight is 230 g/mol. The largest absolute Gasteiger partial charge is 0.465 e. The number of benzene rings is 1. The van der Waals surface area contributed by atoms with Crippen LogP contribution in [0.3, 0.4) is 0 Å². The van der Waals surface area contributed by atoms with Crippen LogP contribution in [0.15, 0.2) is 18.2 Å². The van der Waals surface area contributed by atoms with E-state index in [0.29, 0.717) is 0 Å². The number of hydrogen-bond acceptors (Lipinski definition) is 2. The van der Waals surface area contributed by atoms with Gasteiger partial charge in [-0.15, -0.1) is 0 Å². The predicted octanol–water partition coefficient (Wildman–Crippen LogP) is 1.17. The van der Waals surface area contributed by atoms with Crippen LogP contribution in [0.2, 0.25) is 0 Å². The Morgan fingerprint density at radius 1 is 1.25 bits per heavy atom.